The number of benzene rings is 2. The molecule has 2 unspecified atom stereocenters. The lowest BCUT2D eigenvalue weighted by Crippen LogP contribution is -2.36. The van der Waals surface area contributed by atoms with Crippen LogP contribution >= 0.6 is 53.5 Å². The molecular weight excluding hydrogens is 550 g/mol. The van der Waals surface area contributed by atoms with Crippen LogP contribution in [0.5, 0.6) is 0 Å². The smallest absolute Gasteiger partial charge is 0.241 e. The van der Waals surface area contributed by atoms with Gasteiger partial charge in [-0.1, -0.05) is 34.8 Å². The van der Waals surface area contributed by atoms with Gasteiger partial charge in [0.25, 0.3) is 0 Å². The average Bonchev–Trinajstić information content (AvgIpc) is 3.08. The first-order valence-corrected chi connectivity index (χ1v) is 14.7. The molecule has 2 atom stereocenters. The van der Waals surface area contributed by atoms with Gasteiger partial charge in [-0.25, -0.2) is 0 Å². The zero-order valence-electron chi connectivity index (χ0n) is 19.8. The number of nitrogens with one attached hydrogen (secondary N) is 1. The van der Waals surface area contributed by atoms with E-state index in [4.69, 9.17) is 39.9 Å². The summed E-state index contributed by atoms with van der Waals surface area (Å²) in [5, 5.41) is 14.8. The molecule has 0 radical (unpaired) electrons. The van der Waals surface area contributed by atoms with Crippen LogP contribution in [0.2, 0.25) is 15.1 Å². The van der Waals surface area contributed by atoms with E-state index < -0.39 is 18.9 Å². The highest BCUT2D eigenvalue weighted by atomic mass is 35.5. The number of quaternary nitrogens is 1. The molecule has 35 heavy (non-hydrogen) atoms. The summed E-state index contributed by atoms with van der Waals surface area (Å²) in [6.07, 6.45) is 3.00. The van der Waals surface area contributed by atoms with Crippen LogP contribution in [0.4, 0.5) is 0 Å². The Bertz CT molecular complexity index is 1230. The van der Waals surface area contributed by atoms with E-state index in [-0.39, 0.29) is 6.61 Å². The van der Waals surface area contributed by atoms with E-state index in [1.165, 1.54) is 24.2 Å². The first-order valence-electron chi connectivity index (χ1n) is 10.5. The Balaban J connectivity index is 0.000000540. The maximum Gasteiger partial charge on any atom is 0.241 e. The van der Waals surface area contributed by atoms with Crippen molar-refractivity contribution in [1.29, 1.82) is 0 Å². The topological polar surface area (TPSA) is 86.6 Å². The number of aliphatic hydroxyl groups excluding tert-OH is 1. The molecule has 3 aromatic rings. The van der Waals surface area contributed by atoms with Crippen molar-refractivity contribution in [3.05, 3.63) is 74.2 Å². The van der Waals surface area contributed by atoms with Crippen molar-refractivity contribution >= 4 is 75.6 Å². The normalized spacial score (nSPS) is 14.3. The van der Waals surface area contributed by atoms with Crippen molar-refractivity contribution in [3.63, 3.8) is 0 Å². The molecule has 0 saturated carbocycles. The van der Waals surface area contributed by atoms with Crippen molar-refractivity contribution in [2.24, 2.45) is 0 Å². The van der Waals surface area contributed by atoms with E-state index in [0.717, 1.165) is 15.7 Å². The Hall–Kier alpha value is -1.41. The Labute approximate surface area is 224 Å². The summed E-state index contributed by atoms with van der Waals surface area (Å²) in [6, 6.07) is 10.2. The first-order chi connectivity index (χ1) is 16.2. The molecule has 3 rings (SSSR count). The standard InChI is InChI=1S/C19H15Cl3NO3PS.C5H14NO/c1-27(25,26)18(16-10-28-17-3-2-12(20)9-15(16)17)19(24)23-5-4-11-6-13(21)8-14(22)7-11;1-6(2,3)4-5-7/h2-10,18H,1H3,(H,23,24)(H,25,26);7H,4-5H2,1-3H3/q;+1. The lowest BCUT2D eigenvalue weighted by atomic mass is 10.1. The number of aliphatic hydroxyl groups is 1. The van der Waals surface area contributed by atoms with Crippen LogP contribution in [0.3, 0.4) is 0 Å². The van der Waals surface area contributed by atoms with E-state index in [9.17, 15) is 14.3 Å². The molecule has 6 nitrogen and oxygen atoms in total. The van der Waals surface area contributed by atoms with Crippen LogP contribution in [0, 0.1) is 0 Å². The summed E-state index contributed by atoms with van der Waals surface area (Å²) in [5.41, 5.74) is -0.0503. The number of likely N-dealkylation sites (N-methyl/N-ethyl adjacent to an activating group) is 1. The SMILES string of the molecule is CP(=O)(O)C(C(=O)NC=Cc1cc(Cl)cc(Cl)c1)c1csc2ccc(Cl)cc12.C[N+](C)(C)CCO. The highest BCUT2D eigenvalue weighted by molar-refractivity contribution is 7.58. The Morgan fingerprint density at radius 3 is 2.26 bits per heavy atom. The number of nitrogens with zero attached hydrogens (tertiary/aromatic N) is 1. The summed E-state index contributed by atoms with van der Waals surface area (Å²) < 4.78 is 14.2. The summed E-state index contributed by atoms with van der Waals surface area (Å²) >= 11 is 19.4. The van der Waals surface area contributed by atoms with Gasteiger partial charge < -0.3 is 19.8 Å². The van der Waals surface area contributed by atoms with Gasteiger partial charge in [0, 0.05) is 32.6 Å². The van der Waals surface area contributed by atoms with Gasteiger partial charge in [-0.05, 0) is 64.4 Å². The van der Waals surface area contributed by atoms with Crippen molar-refractivity contribution in [2.45, 2.75) is 5.66 Å². The fourth-order valence-electron chi connectivity index (χ4n) is 3.12. The fraction of sp³-hybridized carbons (Fsp3) is 0.292. The summed E-state index contributed by atoms with van der Waals surface area (Å²) in [7, 11) is 2.36. The largest absolute Gasteiger partial charge is 0.391 e. The summed E-state index contributed by atoms with van der Waals surface area (Å²) in [4.78, 5) is 23.0. The van der Waals surface area contributed by atoms with Crippen molar-refractivity contribution < 1.29 is 23.8 Å². The predicted octanol–water partition coefficient (Wildman–Crippen LogP) is 6.27. The molecule has 1 amide bonds. The molecule has 0 bridgehead atoms. The number of carbonyl (C=O) groups excluding carboxylic acids is 1. The van der Waals surface area contributed by atoms with Gasteiger partial charge in [0.05, 0.1) is 27.7 Å². The molecule has 11 heteroatoms. The number of carbonyl (C=O) groups is 1. The lowest BCUT2D eigenvalue weighted by Gasteiger charge is -2.21. The maximum atomic E-state index is 12.8. The predicted molar refractivity (Wildman–Crippen MR) is 149 cm³/mol. The molecule has 1 heterocycles. The number of thiophene rings is 1. The average molecular weight is 579 g/mol. The zero-order valence-corrected chi connectivity index (χ0v) is 23.8. The van der Waals surface area contributed by atoms with Crippen LogP contribution in [-0.2, 0) is 9.36 Å². The van der Waals surface area contributed by atoms with Crippen LogP contribution in [0.25, 0.3) is 16.2 Å². The van der Waals surface area contributed by atoms with Gasteiger partial charge in [-0.2, -0.15) is 0 Å². The number of halogens is 3. The van der Waals surface area contributed by atoms with E-state index in [1.807, 2.05) is 6.07 Å². The summed E-state index contributed by atoms with van der Waals surface area (Å²) in [5.74, 6) is -0.586. The molecule has 0 aliphatic heterocycles. The third-order valence-electron chi connectivity index (χ3n) is 4.74. The van der Waals surface area contributed by atoms with Gasteiger partial charge in [-0.3, -0.25) is 9.36 Å². The van der Waals surface area contributed by atoms with Crippen molar-refractivity contribution in [1.82, 2.24) is 5.32 Å². The quantitative estimate of drug-likeness (QED) is 0.228. The van der Waals surface area contributed by atoms with Crippen LogP contribution < -0.4 is 5.32 Å². The first kappa shape index (κ1) is 29.8. The second-order valence-corrected chi connectivity index (χ2v) is 13.6. The fourth-order valence-corrected chi connectivity index (χ4v) is 6.14. The van der Waals surface area contributed by atoms with Gasteiger partial charge >= 0.3 is 0 Å². The molecule has 0 aliphatic carbocycles. The third-order valence-corrected chi connectivity index (χ3v) is 7.87. The van der Waals surface area contributed by atoms with E-state index >= 15 is 0 Å². The number of hydrogen-bond donors (Lipinski definition) is 3. The van der Waals surface area contributed by atoms with Crippen molar-refractivity contribution in [3.8, 4) is 0 Å². The second kappa shape index (κ2) is 12.7. The molecule has 0 spiro atoms. The maximum absolute atomic E-state index is 12.8. The van der Waals surface area contributed by atoms with Crippen LogP contribution in [0.1, 0.15) is 16.8 Å². The van der Waals surface area contributed by atoms with Gasteiger partial charge in [0.1, 0.15) is 12.2 Å². The van der Waals surface area contributed by atoms with Gasteiger partial charge in [0.15, 0.2) is 0 Å². The second-order valence-electron chi connectivity index (χ2n) is 8.96. The monoisotopic (exact) mass is 577 g/mol. The third kappa shape index (κ3) is 9.52. The number of hydrogen-bond acceptors (Lipinski definition) is 4. The molecule has 2 aromatic carbocycles. The minimum atomic E-state index is -3.79. The highest BCUT2D eigenvalue weighted by Crippen LogP contribution is 2.54. The summed E-state index contributed by atoms with van der Waals surface area (Å²) in [6.45, 7) is 2.29. The van der Waals surface area contributed by atoms with Crippen molar-refractivity contribution in [2.75, 3.05) is 41.0 Å². The lowest BCUT2D eigenvalue weighted by molar-refractivity contribution is -0.870. The van der Waals surface area contributed by atoms with E-state index in [1.54, 1.807) is 41.8 Å². The Kier molecular flexibility index (Phi) is 10.8. The molecule has 0 saturated heterocycles. The molecule has 3 N–H and O–H groups in total. The number of fused-ring (bicyclic) bond motifs is 1. The van der Waals surface area contributed by atoms with Crippen LogP contribution in [0.15, 0.2) is 48.0 Å². The van der Waals surface area contributed by atoms with Crippen LogP contribution in [-0.4, -0.2) is 61.3 Å². The van der Waals surface area contributed by atoms with Gasteiger partial charge in [-0.15, -0.1) is 11.3 Å². The highest BCUT2D eigenvalue weighted by Gasteiger charge is 2.36. The molecular formula is C24H29Cl3N2O4PS+. The molecule has 1 aromatic heterocycles. The minimum absolute atomic E-state index is 0.281. The molecule has 0 aliphatic rings. The number of rotatable bonds is 7. The molecule has 0 fully saturated rings. The molecule has 190 valence electrons. The number of amides is 1. The van der Waals surface area contributed by atoms with Gasteiger partial charge in [0.2, 0.25) is 13.3 Å². The van der Waals surface area contributed by atoms with E-state index in [2.05, 4.69) is 26.5 Å². The Morgan fingerprint density at radius 2 is 1.74 bits per heavy atom. The van der Waals surface area contributed by atoms with E-state index in [0.29, 0.717) is 31.6 Å². The Morgan fingerprint density at radius 1 is 1.11 bits per heavy atom. The minimum Gasteiger partial charge on any atom is -0.391 e. The zero-order chi connectivity index (χ0) is 26.4.